The molecule has 0 aromatic rings. The molecule has 2 aliphatic heterocycles. The lowest BCUT2D eigenvalue weighted by Gasteiger charge is -2.46. The summed E-state index contributed by atoms with van der Waals surface area (Å²) in [5, 5.41) is 13.6. The van der Waals surface area contributed by atoms with Crippen LogP contribution in [0.25, 0.3) is 0 Å². The van der Waals surface area contributed by atoms with Crippen molar-refractivity contribution in [3.63, 3.8) is 0 Å². The lowest BCUT2D eigenvalue weighted by Crippen LogP contribution is -2.63. The molecule has 0 N–H and O–H groups in total. The monoisotopic (exact) mass is 257 g/mol. The van der Waals surface area contributed by atoms with E-state index < -0.39 is 5.03 Å². The first kappa shape index (κ1) is 13.0. The summed E-state index contributed by atoms with van der Waals surface area (Å²) in [6, 6.07) is 0.168. The van der Waals surface area contributed by atoms with Gasteiger partial charge in [-0.25, -0.2) is 10.1 Å². The molecule has 2 unspecified atom stereocenters. The molecule has 0 radical (unpaired) electrons. The number of rotatable bonds is 2. The zero-order chi connectivity index (χ0) is 13.3. The summed E-state index contributed by atoms with van der Waals surface area (Å²) in [4.78, 5) is 16.6. The molecule has 8 nitrogen and oxygen atoms in total. The van der Waals surface area contributed by atoms with Gasteiger partial charge in [0, 0.05) is 13.7 Å². The Bertz CT molecular complexity index is 355. The standard InChI is InChI=1S/C10H19N5O3/c1-8-12(2)7-14(9-4-5-18-6-9)10(13(8)3)11-15(16)17/h8-9H,4-7H2,1-3H3. The molecule has 0 saturated carbocycles. The van der Waals surface area contributed by atoms with Crippen molar-refractivity contribution in [1.29, 1.82) is 0 Å². The number of nitro groups is 1. The van der Waals surface area contributed by atoms with Gasteiger partial charge in [0.05, 0.1) is 25.5 Å². The van der Waals surface area contributed by atoms with Crippen molar-refractivity contribution in [2.75, 3.05) is 34.0 Å². The fraction of sp³-hybridized carbons (Fsp3) is 0.900. The fourth-order valence-electron chi connectivity index (χ4n) is 2.33. The average molecular weight is 257 g/mol. The maximum absolute atomic E-state index is 10.7. The van der Waals surface area contributed by atoms with Gasteiger partial charge < -0.3 is 14.5 Å². The molecule has 2 fully saturated rings. The molecule has 2 rings (SSSR count). The third kappa shape index (κ3) is 2.39. The topological polar surface area (TPSA) is 74.4 Å². The minimum absolute atomic E-state index is 0.0854. The second kappa shape index (κ2) is 5.07. The van der Waals surface area contributed by atoms with Crippen molar-refractivity contribution >= 4 is 5.96 Å². The van der Waals surface area contributed by atoms with Gasteiger partial charge in [0.25, 0.3) is 5.96 Å². The average Bonchev–Trinajstić information content (AvgIpc) is 2.83. The zero-order valence-corrected chi connectivity index (χ0v) is 10.9. The van der Waals surface area contributed by atoms with Gasteiger partial charge in [-0.3, -0.25) is 4.90 Å². The van der Waals surface area contributed by atoms with E-state index >= 15 is 0 Å². The van der Waals surface area contributed by atoms with Crippen LogP contribution in [0, 0.1) is 10.1 Å². The van der Waals surface area contributed by atoms with E-state index in [0.717, 1.165) is 6.42 Å². The van der Waals surface area contributed by atoms with Crippen molar-refractivity contribution < 1.29 is 9.77 Å². The Morgan fingerprint density at radius 3 is 2.78 bits per heavy atom. The maximum Gasteiger partial charge on any atom is 0.276 e. The highest BCUT2D eigenvalue weighted by atomic mass is 16.7. The molecule has 0 bridgehead atoms. The molecule has 2 aliphatic rings. The molecule has 0 aromatic heterocycles. The Hall–Kier alpha value is -1.41. The third-order valence-electron chi connectivity index (χ3n) is 3.66. The van der Waals surface area contributed by atoms with Gasteiger partial charge in [0.1, 0.15) is 5.10 Å². The number of nitrogens with zero attached hydrogens (tertiary/aromatic N) is 5. The number of hydrogen-bond acceptors (Lipinski definition) is 4. The van der Waals surface area contributed by atoms with Crippen LogP contribution in [0.5, 0.6) is 0 Å². The maximum atomic E-state index is 10.7. The van der Waals surface area contributed by atoms with Gasteiger partial charge >= 0.3 is 0 Å². The van der Waals surface area contributed by atoms with E-state index in [4.69, 9.17) is 4.74 Å². The summed E-state index contributed by atoms with van der Waals surface area (Å²) in [7, 11) is 3.82. The van der Waals surface area contributed by atoms with Gasteiger partial charge in [-0.2, -0.15) is 0 Å². The van der Waals surface area contributed by atoms with E-state index in [2.05, 4.69) is 10.0 Å². The second-order valence-electron chi connectivity index (χ2n) is 4.77. The first-order valence-corrected chi connectivity index (χ1v) is 6.01. The lowest BCUT2D eigenvalue weighted by atomic mass is 10.2. The van der Waals surface area contributed by atoms with Crippen molar-refractivity contribution in [2.24, 2.45) is 5.10 Å². The molecule has 0 aliphatic carbocycles. The van der Waals surface area contributed by atoms with Crippen LogP contribution in [0.1, 0.15) is 13.3 Å². The molecule has 18 heavy (non-hydrogen) atoms. The highest BCUT2D eigenvalue weighted by Gasteiger charge is 2.37. The summed E-state index contributed by atoms with van der Waals surface area (Å²) in [6.07, 6.45) is 0.967. The summed E-state index contributed by atoms with van der Waals surface area (Å²) in [5.41, 5.74) is 0. The minimum Gasteiger partial charge on any atom is -0.379 e. The van der Waals surface area contributed by atoms with Crippen LogP contribution in [0.3, 0.4) is 0 Å². The van der Waals surface area contributed by atoms with Crippen molar-refractivity contribution in [3.05, 3.63) is 10.1 Å². The van der Waals surface area contributed by atoms with Crippen molar-refractivity contribution in [1.82, 2.24) is 14.7 Å². The molecule has 2 atom stereocenters. The van der Waals surface area contributed by atoms with Crippen molar-refractivity contribution in [3.8, 4) is 0 Å². The van der Waals surface area contributed by atoms with E-state index in [1.165, 1.54) is 0 Å². The van der Waals surface area contributed by atoms with E-state index in [1.54, 1.807) is 0 Å². The first-order valence-electron chi connectivity index (χ1n) is 6.01. The second-order valence-corrected chi connectivity index (χ2v) is 4.77. The van der Waals surface area contributed by atoms with Crippen LogP contribution >= 0.6 is 0 Å². The normalized spacial score (nSPS) is 32.3. The minimum atomic E-state index is -0.632. The Morgan fingerprint density at radius 2 is 2.22 bits per heavy atom. The van der Waals surface area contributed by atoms with Crippen LogP contribution in [-0.2, 0) is 4.74 Å². The third-order valence-corrected chi connectivity index (χ3v) is 3.66. The lowest BCUT2D eigenvalue weighted by molar-refractivity contribution is -0.486. The molecule has 8 heteroatoms. The highest BCUT2D eigenvalue weighted by Crippen LogP contribution is 2.20. The summed E-state index contributed by atoms with van der Waals surface area (Å²) < 4.78 is 5.36. The SMILES string of the molecule is CC1N(C)CN(C2CCOC2)C(=N[N+](=O)[O-])N1C. The summed E-state index contributed by atoms with van der Waals surface area (Å²) >= 11 is 0. The van der Waals surface area contributed by atoms with Gasteiger partial charge in [-0.15, -0.1) is 0 Å². The van der Waals surface area contributed by atoms with Gasteiger partial charge in [-0.05, 0) is 20.4 Å². The Balaban J connectivity index is 2.25. The van der Waals surface area contributed by atoms with E-state index in [9.17, 15) is 10.1 Å². The molecule has 102 valence electrons. The Morgan fingerprint density at radius 1 is 1.50 bits per heavy atom. The van der Waals surface area contributed by atoms with E-state index in [0.29, 0.717) is 25.8 Å². The van der Waals surface area contributed by atoms with Crippen LogP contribution in [-0.4, -0.2) is 71.9 Å². The van der Waals surface area contributed by atoms with Gasteiger partial charge in [0.15, 0.2) is 5.03 Å². The van der Waals surface area contributed by atoms with Crippen LogP contribution in [0.2, 0.25) is 0 Å². The Labute approximate surface area is 106 Å². The number of hydrogen-bond donors (Lipinski definition) is 0. The molecule has 0 aromatic carbocycles. The summed E-state index contributed by atoms with van der Waals surface area (Å²) in [6.45, 7) is 3.94. The van der Waals surface area contributed by atoms with Gasteiger partial charge in [-0.1, -0.05) is 0 Å². The molecule has 2 saturated heterocycles. The Kier molecular flexibility index (Phi) is 3.67. The van der Waals surface area contributed by atoms with E-state index in [-0.39, 0.29) is 12.2 Å². The quantitative estimate of drug-likeness (QED) is 0.504. The molecule has 0 spiro atoms. The fourth-order valence-corrected chi connectivity index (χ4v) is 2.33. The zero-order valence-electron chi connectivity index (χ0n) is 10.9. The predicted octanol–water partition coefficient (Wildman–Crippen LogP) is -0.194. The molecule has 0 amide bonds. The molecular formula is C10H19N5O3. The van der Waals surface area contributed by atoms with Crippen molar-refractivity contribution in [2.45, 2.75) is 25.6 Å². The largest absolute Gasteiger partial charge is 0.379 e. The number of guanidine groups is 1. The van der Waals surface area contributed by atoms with Crippen LogP contribution < -0.4 is 0 Å². The van der Waals surface area contributed by atoms with E-state index in [1.807, 2.05) is 30.8 Å². The smallest absolute Gasteiger partial charge is 0.276 e. The molecule has 2 heterocycles. The predicted molar refractivity (Wildman–Crippen MR) is 65.3 cm³/mol. The van der Waals surface area contributed by atoms with Crippen LogP contribution in [0.4, 0.5) is 0 Å². The van der Waals surface area contributed by atoms with Gasteiger partial charge in [0.2, 0.25) is 0 Å². The summed E-state index contributed by atoms with van der Waals surface area (Å²) in [5.74, 6) is 0.418. The number of ether oxygens (including phenoxy) is 1. The molecular weight excluding hydrogens is 238 g/mol. The van der Waals surface area contributed by atoms with Crippen LogP contribution in [0.15, 0.2) is 5.10 Å². The first-order chi connectivity index (χ1) is 8.50. The number of hydrazone groups is 1. The highest BCUT2D eigenvalue weighted by molar-refractivity contribution is 5.80.